The largest absolute Gasteiger partial charge is 0.377 e. The van der Waals surface area contributed by atoms with Crippen molar-refractivity contribution in [2.45, 2.75) is 112 Å². The first kappa shape index (κ1) is 22.9. The zero-order chi connectivity index (χ0) is 23.7. The van der Waals surface area contributed by atoms with Crippen molar-refractivity contribution in [2.24, 2.45) is 56.2 Å². The average Bonchev–Trinajstić information content (AvgIpc) is 3.01. The molecule has 0 unspecified atom stereocenters. The Kier molecular flexibility index (Phi) is 4.57. The Morgan fingerprint density at radius 2 is 1.52 bits per heavy atom. The Hall–Kier alpha value is -0.570. The van der Waals surface area contributed by atoms with E-state index in [1.165, 1.54) is 51.4 Å². The fourth-order valence-corrected chi connectivity index (χ4v) is 11.8. The van der Waals surface area contributed by atoms with Gasteiger partial charge in [0.25, 0.3) is 0 Å². The number of fused-ring (bicyclic) bond motifs is 5. The standard InChI is InChI=1S/C30H49NO2/c1-25(2)12-14-30-15-13-28(6)19(23(30)24(25)33-18-30)8-9-21-27(5)17-31-22(32)16-26(3,4)20(27)10-11-29(21,28)7/h19-21,23-24H,8-18H2,1-7H3,(H,31,32)/t19-,20+,21-,23+,24-,27+,28-,29-,30-/m1/s1. The van der Waals surface area contributed by atoms with E-state index in [0.717, 1.165) is 25.0 Å². The molecule has 0 spiro atoms. The molecule has 186 valence electrons. The molecule has 2 saturated heterocycles. The molecule has 1 N–H and O–H groups in total. The van der Waals surface area contributed by atoms with Crippen LogP contribution in [0, 0.1) is 56.2 Å². The summed E-state index contributed by atoms with van der Waals surface area (Å²) in [6.07, 6.45) is 12.0. The first-order valence-corrected chi connectivity index (χ1v) is 14.2. The second-order valence-electron chi connectivity index (χ2n) is 15.7. The number of nitrogens with one attached hydrogen (secondary N) is 1. The zero-order valence-electron chi connectivity index (χ0n) is 22.5. The summed E-state index contributed by atoms with van der Waals surface area (Å²) in [5.74, 6) is 3.16. The smallest absolute Gasteiger partial charge is 0.220 e. The highest BCUT2D eigenvalue weighted by molar-refractivity contribution is 5.77. The van der Waals surface area contributed by atoms with Gasteiger partial charge in [-0.3, -0.25) is 4.79 Å². The predicted octanol–water partition coefficient (Wildman–Crippen LogP) is 6.60. The maximum atomic E-state index is 12.7. The maximum absolute atomic E-state index is 12.7. The van der Waals surface area contributed by atoms with Gasteiger partial charge in [0.05, 0.1) is 12.7 Å². The summed E-state index contributed by atoms with van der Waals surface area (Å²) in [6, 6.07) is 0. The van der Waals surface area contributed by atoms with E-state index in [1.54, 1.807) is 0 Å². The summed E-state index contributed by atoms with van der Waals surface area (Å²) in [6.45, 7) is 19.6. The Bertz CT molecular complexity index is 863. The third kappa shape index (κ3) is 2.70. The molecule has 3 nitrogen and oxygen atoms in total. The highest BCUT2D eigenvalue weighted by Gasteiger charge is 2.72. The van der Waals surface area contributed by atoms with Crippen molar-refractivity contribution in [3.05, 3.63) is 0 Å². The van der Waals surface area contributed by atoms with Crippen molar-refractivity contribution in [3.8, 4) is 0 Å². The van der Waals surface area contributed by atoms with Crippen molar-refractivity contribution >= 4 is 5.91 Å². The third-order valence-corrected chi connectivity index (χ3v) is 13.6. The van der Waals surface area contributed by atoms with Crippen LogP contribution >= 0.6 is 0 Å². The predicted molar refractivity (Wildman–Crippen MR) is 133 cm³/mol. The molecule has 9 atom stereocenters. The highest BCUT2D eigenvalue weighted by atomic mass is 16.5. The van der Waals surface area contributed by atoms with Gasteiger partial charge in [-0.25, -0.2) is 0 Å². The molecule has 0 radical (unpaired) electrons. The molecule has 3 heteroatoms. The van der Waals surface area contributed by atoms with Gasteiger partial charge in [-0.05, 0) is 108 Å². The minimum Gasteiger partial charge on any atom is -0.377 e. The van der Waals surface area contributed by atoms with Gasteiger partial charge in [-0.1, -0.05) is 48.5 Å². The monoisotopic (exact) mass is 455 g/mol. The van der Waals surface area contributed by atoms with E-state index in [4.69, 9.17) is 4.74 Å². The fourth-order valence-electron chi connectivity index (χ4n) is 11.8. The first-order chi connectivity index (χ1) is 15.3. The van der Waals surface area contributed by atoms with E-state index in [0.29, 0.717) is 46.0 Å². The van der Waals surface area contributed by atoms with Crippen LogP contribution in [0.15, 0.2) is 0 Å². The van der Waals surface area contributed by atoms with Gasteiger partial charge in [0, 0.05) is 13.0 Å². The minimum absolute atomic E-state index is 0.0887. The van der Waals surface area contributed by atoms with Crippen LogP contribution in [0.4, 0.5) is 0 Å². The molecule has 6 aliphatic rings. The molecule has 4 aliphatic carbocycles. The van der Waals surface area contributed by atoms with Gasteiger partial charge >= 0.3 is 0 Å². The van der Waals surface area contributed by atoms with Gasteiger partial charge in [0.2, 0.25) is 5.91 Å². The molecule has 6 fully saturated rings. The summed E-state index contributed by atoms with van der Waals surface area (Å²) in [7, 11) is 0. The molecular formula is C30H49NO2. The van der Waals surface area contributed by atoms with E-state index >= 15 is 0 Å². The minimum atomic E-state index is 0.0887. The molecule has 2 heterocycles. The number of ether oxygens (including phenoxy) is 1. The van der Waals surface area contributed by atoms with E-state index in [1.807, 2.05) is 0 Å². The molecular weight excluding hydrogens is 406 g/mol. The second kappa shape index (κ2) is 6.60. The Balaban J connectivity index is 1.40. The van der Waals surface area contributed by atoms with Crippen molar-refractivity contribution in [2.75, 3.05) is 13.2 Å². The van der Waals surface area contributed by atoms with Crippen LogP contribution in [0.3, 0.4) is 0 Å². The third-order valence-electron chi connectivity index (χ3n) is 13.6. The lowest BCUT2D eigenvalue weighted by Gasteiger charge is -2.72. The molecule has 6 rings (SSSR count). The van der Waals surface area contributed by atoms with Crippen molar-refractivity contribution in [3.63, 3.8) is 0 Å². The summed E-state index contributed by atoms with van der Waals surface area (Å²) < 4.78 is 6.71. The van der Waals surface area contributed by atoms with Gasteiger partial charge in [0.15, 0.2) is 0 Å². The van der Waals surface area contributed by atoms with Gasteiger partial charge in [0.1, 0.15) is 0 Å². The number of amides is 1. The molecule has 2 aliphatic heterocycles. The lowest BCUT2D eigenvalue weighted by atomic mass is 9.32. The number of hydrogen-bond donors (Lipinski definition) is 1. The van der Waals surface area contributed by atoms with Crippen molar-refractivity contribution in [1.82, 2.24) is 5.32 Å². The molecule has 4 saturated carbocycles. The first-order valence-electron chi connectivity index (χ1n) is 14.2. The van der Waals surface area contributed by atoms with Gasteiger partial charge < -0.3 is 10.1 Å². The van der Waals surface area contributed by atoms with Crippen LogP contribution in [0.5, 0.6) is 0 Å². The summed E-state index contributed by atoms with van der Waals surface area (Å²) in [5, 5.41) is 3.39. The summed E-state index contributed by atoms with van der Waals surface area (Å²) in [5.41, 5.74) is 1.82. The second-order valence-corrected chi connectivity index (χ2v) is 15.7. The number of rotatable bonds is 0. The molecule has 0 aromatic heterocycles. The number of hydrogen-bond acceptors (Lipinski definition) is 2. The molecule has 1 amide bonds. The lowest BCUT2D eigenvalue weighted by molar-refractivity contribution is -0.232. The summed E-state index contributed by atoms with van der Waals surface area (Å²) >= 11 is 0. The van der Waals surface area contributed by atoms with Crippen LogP contribution < -0.4 is 5.32 Å². The van der Waals surface area contributed by atoms with Gasteiger partial charge in [-0.15, -0.1) is 0 Å². The number of carbonyl (C=O) groups is 1. The molecule has 0 aromatic carbocycles. The van der Waals surface area contributed by atoms with E-state index < -0.39 is 0 Å². The molecule has 2 bridgehead atoms. The maximum Gasteiger partial charge on any atom is 0.220 e. The number of carbonyl (C=O) groups excluding carboxylic acids is 1. The van der Waals surface area contributed by atoms with Crippen LogP contribution in [0.2, 0.25) is 0 Å². The Morgan fingerprint density at radius 3 is 2.27 bits per heavy atom. The van der Waals surface area contributed by atoms with E-state index in [9.17, 15) is 4.79 Å². The molecule has 0 aromatic rings. The van der Waals surface area contributed by atoms with E-state index in [-0.39, 0.29) is 16.7 Å². The van der Waals surface area contributed by atoms with Gasteiger partial charge in [-0.2, -0.15) is 0 Å². The van der Waals surface area contributed by atoms with Crippen LogP contribution in [0.1, 0.15) is 106 Å². The zero-order valence-corrected chi connectivity index (χ0v) is 22.5. The normalized spacial score (nSPS) is 56.5. The van der Waals surface area contributed by atoms with Crippen LogP contribution in [-0.2, 0) is 9.53 Å². The van der Waals surface area contributed by atoms with Crippen molar-refractivity contribution in [1.29, 1.82) is 0 Å². The van der Waals surface area contributed by atoms with E-state index in [2.05, 4.69) is 53.8 Å². The van der Waals surface area contributed by atoms with Crippen LogP contribution in [0.25, 0.3) is 0 Å². The fraction of sp³-hybridized carbons (Fsp3) is 0.967. The highest BCUT2D eigenvalue weighted by Crippen LogP contribution is 2.77. The van der Waals surface area contributed by atoms with Crippen molar-refractivity contribution < 1.29 is 9.53 Å². The Labute approximate surface area is 202 Å². The average molecular weight is 456 g/mol. The summed E-state index contributed by atoms with van der Waals surface area (Å²) in [4.78, 5) is 12.7. The topological polar surface area (TPSA) is 38.3 Å². The van der Waals surface area contributed by atoms with Crippen LogP contribution in [-0.4, -0.2) is 25.2 Å². The molecule has 33 heavy (non-hydrogen) atoms. The quantitative estimate of drug-likeness (QED) is 0.447. The lowest BCUT2D eigenvalue weighted by Crippen LogP contribution is -2.67. The Morgan fingerprint density at radius 1 is 0.788 bits per heavy atom. The SMILES string of the molecule is CC1(C)CC[C@]23CC[C@]4(C)[C@H](CC[C@@H]5[C@@]6(C)CNC(=O)CC(C)(C)[C@@H]6CC[C@]54C)[C@H]2[C@H]1OC3.